The second-order valence-corrected chi connectivity index (χ2v) is 4.62. The minimum Gasteiger partial charge on any atom is -0.300 e. The predicted molar refractivity (Wildman–Crippen MR) is 63.4 cm³/mol. The van der Waals surface area contributed by atoms with E-state index in [9.17, 15) is 0 Å². The molecule has 0 saturated heterocycles. The van der Waals surface area contributed by atoms with Crippen molar-refractivity contribution in [3.63, 3.8) is 0 Å². The third-order valence-electron chi connectivity index (χ3n) is 3.41. The van der Waals surface area contributed by atoms with Crippen molar-refractivity contribution in [2.45, 2.75) is 25.7 Å². The van der Waals surface area contributed by atoms with Crippen molar-refractivity contribution in [2.24, 2.45) is 0 Å². The average Bonchev–Trinajstić information content (AvgIpc) is 3.04. The normalized spacial score (nSPS) is 14.9. The Morgan fingerprint density at radius 2 is 2.17 bits per heavy atom. The summed E-state index contributed by atoms with van der Waals surface area (Å²) in [5.41, 5.74) is 2.14. The molecule has 0 spiro atoms. The van der Waals surface area contributed by atoms with Crippen LogP contribution in [0.25, 0.3) is 11.5 Å². The third-order valence-corrected chi connectivity index (χ3v) is 3.41. The van der Waals surface area contributed by atoms with Crippen LogP contribution in [0.1, 0.15) is 24.2 Å². The molecule has 0 radical (unpaired) electrons. The lowest BCUT2D eigenvalue weighted by Crippen LogP contribution is -2.28. The van der Waals surface area contributed by atoms with Crippen LogP contribution < -0.4 is 4.74 Å². The minimum atomic E-state index is 0.803. The largest absolute Gasteiger partial charge is 0.365 e. The molecule has 0 N–H and O–H groups in total. The zero-order valence-electron chi connectivity index (χ0n) is 9.91. The highest BCUT2D eigenvalue weighted by atomic mass is 16.5. The monoisotopic (exact) mass is 241 g/mol. The van der Waals surface area contributed by atoms with Crippen molar-refractivity contribution in [1.82, 2.24) is 14.6 Å². The summed E-state index contributed by atoms with van der Waals surface area (Å²) < 4.78 is 9.35. The summed E-state index contributed by atoms with van der Waals surface area (Å²) in [7, 11) is 0. The third kappa shape index (κ3) is 1.44. The molecule has 5 nitrogen and oxygen atoms in total. The summed E-state index contributed by atoms with van der Waals surface area (Å²) in [6.45, 7) is 0. The summed E-state index contributed by atoms with van der Waals surface area (Å²) in [5.74, 6) is 1.91. The lowest BCUT2D eigenvalue weighted by Gasteiger charge is -2.04. The Labute approximate surface area is 104 Å². The topological polar surface area (TPSA) is 47.2 Å². The average molecular weight is 241 g/mol. The van der Waals surface area contributed by atoms with Gasteiger partial charge in [-0.15, -0.1) is 0 Å². The van der Waals surface area contributed by atoms with Gasteiger partial charge >= 0.3 is 5.82 Å². The molecule has 0 aliphatic heterocycles. The van der Waals surface area contributed by atoms with Gasteiger partial charge in [-0.2, -0.15) is 5.10 Å². The fraction of sp³-hybridized carbons (Fsp3) is 0.308. The van der Waals surface area contributed by atoms with Crippen LogP contribution in [0, 0.1) is 0 Å². The van der Waals surface area contributed by atoms with E-state index in [2.05, 4.69) is 16.3 Å². The number of fused-ring (bicyclic) bond motifs is 2. The first kappa shape index (κ1) is 9.82. The molecule has 3 aromatic heterocycles. The molecule has 3 aromatic rings. The molecule has 4 rings (SSSR count). The molecule has 90 valence electrons. The number of hydrogen-bond donors (Lipinski definition) is 0. The second kappa shape index (κ2) is 3.66. The first-order valence-corrected chi connectivity index (χ1v) is 6.25. The van der Waals surface area contributed by atoms with Crippen molar-refractivity contribution in [3.05, 3.63) is 42.0 Å². The van der Waals surface area contributed by atoms with Crippen LogP contribution >= 0.6 is 0 Å². The lowest BCUT2D eigenvalue weighted by atomic mass is 9.99. The van der Waals surface area contributed by atoms with Gasteiger partial charge in [0.25, 0.3) is 5.65 Å². The summed E-state index contributed by atoms with van der Waals surface area (Å²) in [5, 5.41) is 4.13. The minimum absolute atomic E-state index is 0.803. The molecular formula is C13H13N4O+. The summed E-state index contributed by atoms with van der Waals surface area (Å²) in [4.78, 5) is 4.52. The lowest BCUT2D eigenvalue weighted by molar-refractivity contribution is -0.788. The van der Waals surface area contributed by atoms with E-state index in [4.69, 9.17) is 4.52 Å². The highest BCUT2D eigenvalue weighted by molar-refractivity contribution is 5.37. The Hall–Kier alpha value is -2.17. The Morgan fingerprint density at radius 3 is 3.11 bits per heavy atom. The number of rotatable bonds is 1. The fourth-order valence-corrected chi connectivity index (χ4v) is 2.47. The number of aryl methyl sites for hydroxylation is 2. The van der Waals surface area contributed by atoms with Crippen LogP contribution in [0.15, 0.2) is 35.2 Å². The van der Waals surface area contributed by atoms with E-state index in [1.807, 2.05) is 18.3 Å². The molecule has 5 heteroatoms. The van der Waals surface area contributed by atoms with Crippen molar-refractivity contribution < 1.29 is 9.26 Å². The van der Waals surface area contributed by atoms with Gasteiger partial charge in [0, 0.05) is 24.2 Å². The maximum Gasteiger partial charge on any atom is 0.365 e. The van der Waals surface area contributed by atoms with E-state index in [-0.39, 0.29) is 0 Å². The van der Waals surface area contributed by atoms with E-state index >= 15 is 0 Å². The first-order chi connectivity index (χ1) is 8.90. The fourth-order valence-electron chi connectivity index (χ4n) is 2.47. The summed E-state index contributed by atoms with van der Waals surface area (Å²) in [6, 6.07) is 3.79. The maximum atomic E-state index is 5.84. The van der Waals surface area contributed by atoms with Crippen molar-refractivity contribution in [3.8, 4) is 5.82 Å². The van der Waals surface area contributed by atoms with E-state index in [1.54, 1.807) is 15.5 Å². The molecule has 0 saturated carbocycles. The molecule has 3 heterocycles. The SMILES string of the molecule is c1cc2nc(-[n+]3cc4c(o3)CCCC4)ccn2n1. The molecule has 0 amide bonds. The quantitative estimate of drug-likeness (QED) is 0.606. The number of aromatic nitrogens is 4. The smallest absolute Gasteiger partial charge is 0.300 e. The van der Waals surface area contributed by atoms with Gasteiger partial charge < -0.3 is 4.52 Å². The van der Waals surface area contributed by atoms with Gasteiger partial charge in [-0.25, -0.2) is 4.52 Å². The van der Waals surface area contributed by atoms with Crippen LogP contribution in [0.3, 0.4) is 0 Å². The van der Waals surface area contributed by atoms with E-state index in [0.717, 1.165) is 30.1 Å². The maximum absolute atomic E-state index is 5.84. The molecule has 18 heavy (non-hydrogen) atoms. The van der Waals surface area contributed by atoms with Crippen molar-refractivity contribution in [2.75, 3.05) is 0 Å². The summed E-state index contributed by atoms with van der Waals surface area (Å²) in [6.07, 6.45) is 10.3. The molecule has 0 bridgehead atoms. The zero-order chi connectivity index (χ0) is 11.9. The predicted octanol–water partition coefficient (Wildman–Crippen LogP) is 1.48. The molecule has 1 aliphatic carbocycles. The van der Waals surface area contributed by atoms with E-state index in [1.165, 1.54) is 18.4 Å². The highest BCUT2D eigenvalue weighted by Gasteiger charge is 2.21. The molecule has 0 fully saturated rings. The van der Waals surface area contributed by atoms with Crippen molar-refractivity contribution >= 4 is 5.65 Å². The van der Waals surface area contributed by atoms with Gasteiger partial charge in [-0.1, -0.05) is 0 Å². The molecule has 1 aliphatic rings. The number of nitrogens with zero attached hydrogens (tertiary/aromatic N) is 4. The Kier molecular flexibility index (Phi) is 2.00. The van der Waals surface area contributed by atoms with Gasteiger partial charge in [0.05, 0.1) is 12.3 Å². The van der Waals surface area contributed by atoms with Crippen LogP contribution in [0.2, 0.25) is 0 Å². The Bertz CT molecular complexity index is 689. The van der Waals surface area contributed by atoms with Crippen molar-refractivity contribution in [1.29, 1.82) is 0 Å². The zero-order valence-corrected chi connectivity index (χ0v) is 9.91. The van der Waals surface area contributed by atoms with Gasteiger partial charge in [0.2, 0.25) is 0 Å². The summed E-state index contributed by atoms with van der Waals surface area (Å²) >= 11 is 0. The molecule has 0 unspecified atom stereocenters. The van der Waals surface area contributed by atoms with Gasteiger partial charge in [0.15, 0.2) is 5.76 Å². The highest BCUT2D eigenvalue weighted by Crippen LogP contribution is 2.20. The number of hydrogen-bond acceptors (Lipinski definition) is 3. The van der Waals surface area contributed by atoms with Gasteiger partial charge in [-0.3, -0.25) is 0 Å². The first-order valence-electron chi connectivity index (χ1n) is 6.25. The van der Waals surface area contributed by atoms with Gasteiger partial charge in [0.1, 0.15) is 6.20 Å². The van der Waals surface area contributed by atoms with Crippen LogP contribution in [-0.4, -0.2) is 14.6 Å². The van der Waals surface area contributed by atoms with Crippen LogP contribution in [0.5, 0.6) is 0 Å². The molecule has 0 aromatic carbocycles. The van der Waals surface area contributed by atoms with E-state index in [0.29, 0.717) is 0 Å². The second-order valence-electron chi connectivity index (χ2n) is 4.62. The molecule has 0 atom stereocenters. The van der Waals surface area contributed by atoms with Gasteiger partial charge in [-0.05, 0) is 29.0 Å². The Morgan fingerprint density at radius 1 is 1.22 bits per heavy atom. The molecular weight excluding hydrogens is 228 g/mol. The standard InChI is InChI=1S/C13H13N4O/c1-2-4-11-10(3-1)9-17(18-11)13-6-8-16-12(15-13)5-7-14-16/h5-9H,1-4H2/q+1. The van der Waals surface area contributed by atoms with Crippen LogP contribution in [-0.2, 0) is 12.8 Å². The van der Waals surface area contributed by atoms with Crippen LogP contribution in [0.4, 0.5) is 0 Å². The van der Waals surface area contributed by atoms with E-state index < -0.39 is 0 Å². The Balaban J connectivity index is 1.83.